The zero-order chi connectivity index (χ0) is 31.3. The van der Waals surface area contributed by atoms with Gasteiger partial charge in [0, 0.05) is 40.6 Å². The average molecular weight is 594 g/mol. The SMILES string of the molecule is CCOCCON1C(=O)c2ccccc2C1=O.COCCCO.COCCCON.O=C1c2ccccc2C(=O)N1O. The second-order valence-electron chi connectivity index (χ2n) is 8.24. The molecule has 2 aromatic carbocycles. The van der Waals surface area contributed by atoms with Crippen LogP contribution in [0, 0.1) is 0 Å². The summed E-state index contributed by atoms with van der Waals surface area (Å²) in [6.07, 6.45) is 1.61. The van der Waals surface area contributed by atoms with Crippen LogP contribution in [0.25, 0.3) is 0 Å². The Morgan fingerprint density at radius 1 is 0.690 bits per heavy atom. The molecular formula is C28H39N3O11. The Kier molecular flexibility index (Phi) is 18.3. The van der Waals surface area contributed by atoms with Crippen molar-refractivity contribution in [3.05, 3.63) is 70.8 Å². The van der Waals surface area contributed by atoms with E-state index in [9.17, 15) is 19.2 Å². The van der Waals surface area contributed by atoms with Crippen LogP contribution in [0.4, 0.5) is 0 Å². The molecule has 0 aromatic heterocycles. The fourth-order valence-corrected chi connectivity index (χ4v) is 3.29. The Morgan fingerprint density at radius 2 is 1.14 bits per heavy atom. The maximum absolute atomic E-state index is 11.8. The van der Waals surface area contributed by atoms with E-state index in [1.54, 1.807) is 50.6 Å². The minimum atomic E-state index is -0.657. The van der Waals surface area contributed by atoms with Crippen molar-refractivity contribution in [1.29, 1.82) is 0 Å². The molecule has 14 nitrogen and oxygen atoms in total. The van der Waals surface area contributed by atoms with Crippen LogP contribution >= 0.6 is 0 Å². The summed E-state index contributed by atoms with van der Waals surface area (Å²) in [5.74, 6) is 2.57. The van der Waals surface area contributed by atoms with Crippen LogP contribution < -0.4 is 5.90 Å². The average Bonchev–Trinajstić information content (AvgIpc) is 3.39. The van der Waals surface area contributed by atoms with E-state index in [0.29, 0.717) is 37.6 Å². The summed E-state index contributed by atoms with van der Waals surface area (Å²) in [4.78, 5) is 55.1. The number of fused-ring (bicyclic) bond motifs is 2. The first-order valence-electron chi connectivity index (χ1n) is 13.1. The first kappa shape index (κ1) is 36.4. The van der Waals surface area contributed by atoms with Crippen molar-refractivity contribution in [2.24, 2.45) is 5.90 Å². The van der Waals surface area contributed by atoms with Gasteiger partial charge in [0.05, 0.1) is 42.1 Å². The number of carbonyl (C=O) groups excluding carboxylic acids is 4. The van der Waals surface area contributed by atoms with Gasteiger partial charge in [-0.3, -0.25) is 29.2 Å². The van der Waals surface area contributed by atoms with Crippen LogP contribution in [0.2, 0.25) is 0 Å². The van der Waals surface area contributed by atoms with E-state index in [1.807, 2.05) is 6.92 Å². The van der Waals surface area contributed by atoms with Gasteiger partial charge in [0.1, 0.15) is 0 Å². The lowest BCUT2D eigenvalue weighted by Gasteiger charge is -2.12. The Labute approximate surface area is 244 Å². The van der Waals surface area contributed by atoms with Gasteiger partial charge in [0.15, 0.2) is 0 Å². The maximum Gasteiger partial charge on any atom is 0.285 e. The van der Waals surface area contributed by atoms with Gasteiger partial charge in [-0.1, -0.05) is 24.3 Å². The number of carbonyl (C=O) groups is 4. The summed E-state index contributed by atoms with van der Waals surface area (Å²) >= 11 is 0. The Hall–Kier alpha value is -3.60. The monoisotopic (exact) mass is 593 g/mol. The number of benzene rings is 2. The molecule has 0 atom stereocenters. The molecule has 4 amide bonds. The highest BCUT2D eigenvalue weighted by atomic mass is 16.7. The maximum atomic E-state index is 11.8. The first-order valence-corrected chi connectivity index (χ1v) is 13.1. The van der Waals surface area contributed by atoms with E-state index < -0.39 is 23.6 Å². The largest absolute Gasteiger partial charge is 0.396 e. The normalized spacial score (nSPS) is 13.0. The number of hydroxylamine groups is 4. The number of imide groups is 2. The molecule has 0 saturated heterocycles. The van der Waals surface area contributed by atoms with Gasteiger partial charge in [-0.2, -0.15) is 0 Å². The van der Waals surface area contributed by atoms with E-state index in [2.05, 4.69) is 9.57 Å². The van der Waals surface area contributed by atoms with Crippen molar-refractivity contribution in [2.45, 2.75) is 19.8 Å². The number of aliphatic hydroxyl groups excluding tert-OH is 1. The fourth-order valence-electron chi connectivity index (χ4n) is 3.29. The van der Waals surface area contributed by atoms with Crippen LogP contribution in [0.15, 0.2) is 48.5 Å². The number of nitrogens with zero attached hydrogens (tertiary/aromatic N) is 2. The molecule has 4 N–H and O–H groups in total. The predicted molar refractivity (Wildman–Crippen MR) is 148 cm³/mol. The van der Waals surface area contributed by atoms with E-state index in [4.69, 9.17) is 30.5 Å². The van der Waals surface area contributed by atoms with E-state index in [-0.39, 0.29) is 29.4 Å². The van der Waals surface area contributed by atoms with Crippen molar-refractivity contribution in [2.75, 3.05) is 60.5 Å². The third-order valence-corrected chi connectivity index (χ3v) is 5.30. The highest BCUT2D eigenvalue weighted by molar-refractivity contribution is 6.21. The van der Waals surface area contributed by atoms with Crippen molar-refractivity contribution in [1.82, 2.24) is 10.1 Å². The number of nitrogens with two attached hydrogens (primary N) is 1. The van der Waals surface area contributed by atoms with Crippen LogP contribution in [-0.2, 0) is 23.9 Å². The molecule has 14 heteroatoms. The summed E-state index contributed by atoms with van der Waals surface area (Å²) in [6, 6.07) is 13.0. The zero-order valence-electron chi connectivity index (χ0n) is 24.0. The molecule has 0 unspecified atom stereocenters. The molecule has 2 heterocycles. The van der Waals surface area contributed by atoms with Crippen LogP contribution in [0.1, 0.15) is 61.2 Å². The minimum absolute atomic E-state index is 0.130. The summed E-state index contributed by atoms with van der Waals surface area (Å²) in [6.45, 7) is 5.16. The fraction of sp³-hybridized carbons (Fsp3) is 0.429. The molecule has 0 fully saturated rings. The van der Waals surface area contributed by atoms with Gasteiger partial charge in [0.25, 0.3) is 23.6 Å². The topological polar surface area (TPSA) is 187 Å². The minimum Gasteiger partial charge on any atom is -0.396 e. The summed E-state index contributed by atoms with van der Waals surface area (Å²) in [5, 5.41) is 18.0. The van der Waals surface area contributed by atoms with Gasteiger partial charge in [-0.15, -0.1) is 10.1 Å². The number of rotatable bonds is 12. The number of aliphatic hydroxyl groups is 1. The molecule has 0 saturated carbocycles. The van der Waals surface area contributed by atoms with Crippen molar-refractivity contribution < 1.29 is 53.4 Å². The van der Waals surface area contributed by atoms with Crippen molar-refractivity contribution >= 4 is 23.6 Å². The lowest BCUT2D eigenvalue weighted by molar-refractivity contribution is -0.105. The molecule has 4 rings (SSSR count). The molecule has 0 spiro atoms. The van der Waals surface area contributed by atoms with Gasteiger partial charge in [-0.05, 0) is 44.0 Å². The molecule has 0 aliphatic carbocycles. The van der Waals surface area contributed by atoms with E-state index in [1.165, 1.54) is 12.1 Å². The van der Waals surface area contributed by atoms with E-state index in [0.717, 1.165) is 24.5 Å². The lowest BCUT2D eigenvalue weighted by Crippen LogP contribution is -2.31. The Morgan fingerprint density at radius 3 is 1.52 bits per heavy atom. The van der Waals surface area contributed by atoms with Crippen molar-refractivity contribution in [3.8, 4) is 0 Å². The molecule has 42 heavy (non-hydrogen) atoms. The number of methoxy groups -OCH3 is 2. The molecule has 2 aliphatic heterocycles. The van der Waals surface area contributed by atoms with Crippen LogP contribution in [0.5, 0.6) is 0 Å². The van der Waals surface area contributed by atoms with Crippen LogP contribution in [-0.4, -0.2) is 105 Å². The lowest BCUT2D eigenvalue weighted by atomic mass is 10.1. The Bertz CT molecular complexity index is 1050. The third kappa shape index (κ3) is 11.3. The zero-order valence-corrected chi connectivity index (χ0v) is 24.0. The molecule has 0 bridgehead atoms. The third-order valence-electron chi connectivity index (χ3n) is 5.30. The Balaban J connectivity index is 0.000000307. The van der Waals surface area contributed by atoms with Gasteiger partial charge >= 0.3 is 0 Å². The molecule has 0 radical (unpaired) electrons. The van der Waals surface area contributed by atoms with Crippen LogP contribution in [0.3, 0.4) is 0 Å². The van der Waals surface area contributed by atoms with Gasteiger partial charge < -0.3 is 24.2 Å². The number of hydrogen-bond donors (Lipinski definition) is 3. The molecule has 2 aliphatic rings. The number of amides is 4. The quantitative estimate of drug-likeness (QED) is 0.140. The molecular weight excluding hydrogens is 554 g/mol. The predicted octanol–water partition coefficient (Wildman–Crippen LogP) is 1.85. The highest BCUT2D eigenvalue weighted by Gasteiger charge is 2.36. The second kappa shape index (κ2) is 21.2. The number of ether oxygens (including phenoxy) is 3. The van der Waals surface area contributed by atoms with E-state index >= 15 is 0 Å². The summed E-state index contributed by atoms with van der Waals surface area (Å²) in [5.41, 5.74) is 1.28. The summed E-state index contributed by atoms with van der Waals surface area (Å²) < 4.78 is 14.4. The second-order valence-corrected chi connectivity index (χ2v) is 8.24. The highest BCUT2D eigenvalue weighted by Crippen LogP contribution is 2.22. The smallest absolute Gasteiger partial charge is 0.285 e. The van der Waals surface area contributed by atoms with Gasteiger partial charge in [0.2, 0.25) is 0 Å². The molecule has 2 aromatic rings. The summed E-state index contributed by atoms with van der Waals surface area (Å²) in [7, 11) is 3.27. The number of hydrogen-bond acceptors (Lipinski definition) is 12. The first-order chi connectivity index (χ1) is 20.3. The molecule has 232 valence electrons. The van der Waals surface area contributed by atoms with Gasteiger partial charge in [-0.25, -0.2) is 5.90 Å². The van der Waals surface area contributed by atoms with Crippen molar-refractivity contribution in [3.63, 3.8) is 0 Å². The standard InChI is InChI=1S/C12H13NO4.C8H5NO3.C4H11NO2.C4H10O2/c1-2-16-7-8-17-13-11(14)9-5-3-4-6-10(9)12(13)15;10-7-5-3-1-2-4-6(5)8(11)9(7)12;1-6-3-2-4-7-5;1-6-4-2-3-5/h3-6H,2,7-8H2,1H3;1-4,12H;2-5H2,1H3;5H,2-4H2,1H3.